The Morgan fingerprint density at radius 1 is 1.11 bits per heavy atom. The van der Waals surface area contributed by atoms with Gasteiger partial charge in [-0.2, -0.15) is 0 Å². The van der Waals surface area contributed by atoms with Crippen LogP contribution in [-0.2, 0) is 3.54 Å². The van der Waals surface area contributed by atoms with Gasteiger partial charge in [0.2, 0.25) is 9.36 Å². The lowest BCUT2D eigenvalue weighted by Crippen LogP contribution is -2.54. The summed E-state index contributed by atoms with van der Waals surface area (Å²) in [5.41, 5.74) is 0.837. The summed E-state index contributed by atoms with van der Waals surface area (Å²) in [7, 11) is 0. The van der Waals surface area contributed by atoms with Crippen molar-refractivity contribution in [3.05, 3.63) is 24.4 Å². The SMILES string of the molecule is C[C@]12CC[C@](C)(C1)[C@H](F)[C@H](N(c1cnc(-c3ccc(-c4nnn(C(S)(S)S)n4)cc3O)nn1)C1CC1)C2. The van der Waals surface area contributed by atoms with Crippen molar-refractivity contribution in [2.24, 2.45) is 10.8 Å². The van der Waals surface area contributed by atoms with Gasteiger partial charge in [0.1, 0.15) is 11.9 Å². The number of fused-ring (bicyclic) bond motifs is 2. The third kappa shape index (κ3) is 4.56. The summed E-state index contributed by atoms with van der Waals surface area (Å²) in [6.45, 7) is 4.39. The molecule has 2 aromatic heterocycles. The molecule has 0 unspecified atom stereocenters. The van der Waals surface area contributed by atoms with Crippen molar-refractivity contribution >= 4 is 43.7 Å². The van der Waals surface area contributed by atoms with E-state index in [1.165, 1.54) is 6.07 Å². The molecule has 196 valence electrons. The average molecular weight is 561 g/mol. The number of halogens is 1. The van der Waals surface area contributed by atoms with Crippen LogP contribution < -0.4 is 4.90 Å². The zero-order valence-corrected chi connectivity index (χ0v) is 23.2. The second-order valence-corrected chi connectivity index (χ2v) is 14.3. The van der Waals surface area contributed by atoms with Gasteiger partial charge >= 0.3 is 0 Å². The molecule has 0 saturated heterocycles. The highest BCUT2D eigenvalue weighted by Crippen LogP contribution is 2.60. The summed E-state index contributed by atoms with van der Waals surface area (Å²) in [4.78, 5) is 7.79. The Hall–Kier alpha value is -2.12. The Morgan fingerprint density at radius 3 is 2.51 bits per heavy atom. The second-order valence-electron chi connectivity index (χ2n) is 11.3. The molecule has 6 rings (SSSR count). The van der Waals surface area contributed by atoms with Gasteiger partial charge < -0.3 is 10.0 Å². The minimum absolute atomic E-state index is 0.0511. The van der Waals surface area contributed by atoms with Gasteiger partial charge in [-0.3, -0.25) is 0 Å². The molecule has 1 aromatic carbocycles. The Bertz CT molecular complexity index is 1330. The molecule has 3 aromatic rings. The molecular formula is C24H29FN8OS3. The minimum Gasteiger partial charge on any atom is -0.507 e. The number of thiol groups is 3. The molecule has 1 N–H and O–H groups in total. The van der Waals surface area contributed by atoms with E-state index in [-0.39, 0.29) is 40.3 Å². The molecule has 2 bridgehead atoms. The molecule has 0 radical (unpaired) electrons. The summed E-state index contributed by atoms with van der Waals surface area (Å²) < 4.78 is 14.7. The first kappa shape index (κ1) is 25.2. The van der Waals surface area contributed by atoms with Gasteiger partial charge in [0.25, 0.3) is 0 Å². The van der Waals surface area contributed by atoms with E-state index in [9.17, 15) is 5.11 Å². The van der Waals surface area contributed by atoms with Crippen LogP contribution in [0.15, 0.2) is 24.4 Å². The van der Waals surface area contributed by atoms with Crippen molar-refractivity contribution in [2.75, 3.05) is 4.90 Å². The molecule has 3 aliphatic rings. The number of nitrogens with zero attached hydrogens (tertiary/aromatic N) is 8. The molecular weight excluding hydrogens is 532 g/mol. The first-order chi connectivity index (χ1) is 17.5. The van der Waals surface area contributed by atoms with Gasteiger partial charge in [-0.1, -0.05) is 19.9 Å². The molecule has 4 atom stereocenters. The van der Waals surface area contributed by atoms with Crippen molar-refractivity contribution in [3.63, 3.8) is 0 Å². The van der Waals surface area contributed by atoms with E-state index in [0.717, 1.165) is 43.3 Å². The zero-order chi connectivity index (χ0) is 26.2. The van der Waals surface area contributed by atoms with Crippen LogP contribution in [0.4, 0.5) is 10.2 Å². The molecule has 13 heteroatoms. The number of hydrogen-bond donors (Lipinski definition) is 4. The normalized spacial score (nSPS) is 29.5. The summed E-state index contributed by atoms with van der Waals surface area (Å²) in [5, 5.41) is 31.6. The lowest BCUT2D eigenvalue weighted by molar-refractivity contribution is 0.0357. The monoisotopic (exact) mass is 560 g/mol. The molecule has 0 spiro atoms. The smallest absolute Gasteiger partial charge is 0.213 e. The lowest BCUT2D eigenvalue weighted by atomic mass is 9.67. The van der Waals surface area contributed by atoms with E-state index in [0.29, 0.717) is 16.9 Å². The Kier molecular flexibility index (Phi) is 5.92. The largest absolute Gasteiger partial charge is 0.507 e. The third-order valence-electron chi connectivity index (χ3n) is 8.13. The highest BCUT2D eigenvalue weighted by molar-refractivity contribution is 8.15. The van der Waals surface area contributed by atoms with Crippen molar-refractivity contribution in [3.8, 4) is 28.5 Å². The average Bonchev–Trinajstić information content (AvgIpc) is 3.45. The molecule has 0 amide bonds. The highest BCUT2D eigenvalue weighted by Gasteiger charge is 2.58. The summed E-state index contributed by atoms with van der Waals surface area (Å²) in [6, 6.07) is 4.96. The maximum absolute atomic E-state index is 15.9. The third-order valence-corrected chi connectivity index (χ3v) is 8.66. The van der Waals surface area contributed by atoms with Gasteiger partial charge in [-0.25, -0.2) is 9.37 Å². The number of phenols is 1. The maximum Gasteiger partial charge on any atom is 0.213 e. The Morgan fingerprint density at radius 2 is 1.89 bits per heavy atom. The van der Waals surface area contributed by atoms with Gasteiger partial charge in [0.05, 0.1) is 17.8 Å². The Labute approximate surface area is 230 Å². The number of tetrazole rings is 1. The Balaban J connectivity index is 1.26. The van der Waals surface area contributed by atoms with Crippen LogP contribution in [0.5, 0.6) is 5.75 Å². The number of aromatic nitrogens is 7. The van der Waals surface area contributed by atoms with Crippen molar-refractivity contribution in [1.82, 2.24) is 35.4 Å². The number of phenolic OH excluding ortho intramolecular Hbond substituents is 1. The van der Waals surface area contributed by atoms with Crippen LogP contribution in [0.25, 0.3) is 22.8 Å². The van der Waals surface area contributed by atoms with Gasteiger partial charge in [0.15, 0.2) is 11.6 Å². The molecule has 2 heterocycles. The van der Waals surface area contributed by atoms with Crippen molar-refractivity contribution in [2.45, 2.75) is 74.2 Å². The number of aromatic hydroxyl groups is 1. The topological polar surface area (TPSA) is 106 Å². The van der Waals surface area contributed by atoms with Crippen LogP contribution in [0.1, 0.15) is 52.4 Å². The van der Waals surface area contributed by atoms with E-state index in [4.69, 9.17) is 0 Å². The number of hydrogen-bond acceptors (Lipinski definition) is 11. The van der Waals surface area contributed by atoms with Crippen LogP contribution in [0.3, 0.4) is 0 Å². The highest BCUT2D eigenvalue weighted by atomic mass is 32.2. The fraction of sp³-hybridized carbons (Fsp3) is 0.583. The standard InChI is InChI=1S/C24H29FN8OS3/c1-22-7-8-23(2,12-22)19(25)16(10-22)32(14-4-5-14)18-11-26-21(28-27-18)15-6-3-13(9-17(15)34)20-29-31-33(30-20)24(35,36)37/h3,6,9,11,14,16,19,34-37H,4-5,7-8,10,12H2,1-2H3/t16-,19-,22-,23-/m1/s1. The van der Waals surface area contributed by atoms with E-state index < -0.39 is 9.71 Å². The van der Waals surface area contributed by atoms with Gasteiger partial charge in [0, 0.05) is 17.0 Å². The fourth-order valence-corrected chi connectivity index (χ4v) is 6.52. The predicted octanol–water partition coefficient (Wildman–Crippen LogP) is 4.53. The number of rotatable bonds is 6. The molecule has 0 aliphatic heterocycles. The number of benzene rings is 1. The minimum atomic E-state index is -1.21. The molecule has 37 heavy (non-hydrogen) atoms. The van der Waals surface area contributed by atoms with Gasteiger partial charge in [-0.15, -0.1) is 63.1 Å². The van der Waals surface area contributed by atoms with E-state index >= 15 is 4.39 Å². The maximum atomic E-state index is 15.9. The fourth-order valence-electron chi connectivity index (χ4n) is 6.27. The van der Waals surface area contributed by atoms with Crippen LogP contribution in [0.2, 0.25) is 0 Å². The predicted molar refractivity (Wildman–Crippen MR) is 148 cm³/mol. The lowest BCUT2D eigenvalue weighted by Gasteiger charge is -2.47. The van der Waals surface area contributed by atoms with Crippen molar-refractivity contribution in [1.29, 1.82) is 0 Å². The molecule has 3 aliphatic carbocycles. The summed E-state index contributed by atoms with van der Waals surface area (Å²) in [6.07, 6.45) is 6.56. The number of alkyl halides is 1. The van der Waals surface area contributed by atoms with Crippen LogP contribution >= 0.6 is 37.9 Å². The zero-order valence-electron chi connectivity index (χ0n) is 20.5. The molecule has 3 saturated carbocycles. The van der Waals surface area contributed by atoms with E-state index in [2.05, 4.69) is 87.2 Å². The molecule has 9 nitrogen and oxygen atoms in total. The number of anilines is 1. The second kappa shape index (κ2) is 8.70. The quantitative estimate of drug-likeness (QED) is 0.258. The summed E-state index contributed by atoms with van der Waals surface area (Å²) in [5.74, 6) is 1.10. The molecule has 3 fully saturated rings. The summed E-state index contributed by atoms with van der Waals surface area (Å²) >= 11 is 12.5. The van der Waals surface area contributed by atoms with Crippen molar-refractivity contribution < 1.29 is 9.50 Å². The first-order valence-corrected chi connectivity index (χ1v) is 13.7. The van der Waals surface area contributed by atoms with E-state index in [1.807, 2.05) is 0 Å². The first-order valence-electron chi connectivity index (χ1n) is 12.4. The van der Waals surface area contributed by atoms with Crippen LogP contribution in [0, 0.1) is 10.8 Å². The van der Waals surface area contributed by atoms with E-state index in [1.54, 1.807) is 18.3 Å². The van der Waals surface area contributed by atoms with Crippen LogP contribution in [-0.4, -0.2) is 58.8 Å². The van der Waals surface area contributed by atoms with Gasteiger partial charge in [-0.05, 0) is 61.3 Å².